The minimum atomic E-state index is 0.428. The number of phenols is 1. The zero-order valence-electron chi connectivity index (χ0n) is 11.1. The number of likely N-dealkylation sites (tertiary alicyclic amines) is 1. The Morgan fingerprint density at radius 2 is 1.94 bits per heavy atom. The van der Waals surface area contributed by atoms with Crippen LogP contribution in [0.5, 0.6) is 5.75 Å². The zero-order valence-corrected chi connectivity index (χ0v) is 11.1. The molecule has 100 valence electrons. The van der Waals surface area contributed by atoms with Crippen LogP contribution in [-0.4, -0.2) is 29.6 Å². The number of hydrogen-bond donors (Lipinski definition) is 2. The van der Waals surface area contributed by atoms with Crippen LogP contribution in [0.4, 0.5) is 0 Å². The molecule has 0 radical (unpaired) electrons. The quantitative estimate of drug-likeness (QED) is 0.840. The first kappa shape index (κ1) is 13.4. The average molecular weight is 248 g/mol. The Labute approximate surface area is 110 Å². The molecular formula is C15H24N2O. The van der Waals surface area contributed by atoms with Gasteiger partial charge in [-0.05, 0) is 56.9 Å². The summed E-state index contributed by atoms with van der Waals surface area (Å²) in [6.07, 6.45) is 5.93. The van der Waals surface area contributed by atoms with Gasteiger partial charge in [-0.3, -0.25) is 4.90 Å². The summed E-state index contributed by atoms with van der Waals surface area (Å²) in [6.45, 7) is 3.92. The molecule has 0 saturated carbocycles. The van der Waals surface area contributed by atoms with E-state index in [2.05, 4.69) is 11.0 Å². The van der Waals surface area contributed by atoms with Gasteiger partial charge in [-0.1, -0.05) is 18.6 Å². The topological polar surface area (TPSA) is 49.5 Å². The molecule has 0 unspecified atom stereocenters. The summed E-state index contributed by atoms with van der Waals surface area (Å²) < 4.78 is 0. The molecule has 1 saturated heterocycles. The highest BCUT2D eigenvalue weighted by Gasteiger charge is 2.12. The maximum absolute atomic E-state index is 9.94. The van der Waals surface area contributed by atoms with Gasteiger partial charge in [0.05, 0.1) is 0 Å². The average Bonchev–Trinajstić information content (AvgIpc) is 2.41. The van der Waals surface area contributed by atoms with Crippen molar-refractivity contribution in [1.29, 1.82) is 0 Å². The summed E-state index contributed by atoms with van der Waals surface area (Å²) >= 11 is 0. The Morgan fingerprint density at radius 1 is 1.17 bits per heavy atom. The van der Waals surface area contributed by atoms with E-state index < -0.39 is 0 Å². The summed E-state index contributed by atoms with van der Waals surface area (Å²) in [7, 11) is 0. The Bertz CT molecular complexity index is 373. The first-order valence-corrected chi connectivity index (χ1v) is 7.03. The van der Waals surface area contributed by atoms with Gasteiger partial charge in [-0.2, -0.15) is 0 Å². The Hall–Kier alpha value is -1.06. The van der Waals surface area contributed by atoms with E-state index in [0.29, 0.717) is 5.75 Å². The van der Waals surface area contributed by atoms with E-state index in [4.69, 9.17) is 5.73 Å². The Morgan fingerprint density at radius 3 is 2.67 bits per heavy atom. The molecule has 1 aliphatic heterocycles. The monoisotopic (exact) mass is 248 g/mol. The second kappa shape index (κ2) is 6.76. The number of aromatic hydroxyl groups is 1. The first-order valence-electron chi connectivity index (χ1n) is 7.03. The van der Waals surface area contributed by atoms with Gasteiger partial charge in [0.2, 0.25) is 0 Å². The number of rotatable bonds is 5. The van der Waals surface area contributed by atoms with Crippen molar-refractivity contribution in [2.45, 2.75) is 38.6 Å². The van der Waals surface area contributed by atoms with Crippen molar-refractivity contribution >= 4 is 0 Å². The Kier molecular flexibility index (Phi) is 5.02. The van der Waals surface area contributed by atoms with Crippen molar-refractivity contribution in [3.8, 4) is 5.75 Å². The number of nitrogens with two attached hydrogens (primary N) is 1. The molecule has 0 aliphatic carbocycles. The fraction of sp³-hybridized carbons (Fsp3) is 0.600. The predicted octanol–water partition coefficient (Wildman–Crippen LogP) is 2.27. The molecule has 0 bridgehead atoms. The van der Waals surface area contributed by atoms with Crippen LogP contribution in [0.15, 0.2) is 18.2 Å². The SMILES string of the molecule is NCCCc1ccc(O)c(CN2CCCCC2)c1. The molecule has 3 heteroatoms. The third kappa shape index (κ3) is 3.72. The van der Waals surface area contributed by atoms with Gasteiger partial charge in [-0.15, -0.1) is 0 Å². The maximum atomic E-state index is 9.94. The number of hydrogen-bond acceptors (Lipinski definition) is 3. The van der Waals surface area contributed by atoms with Crippen molar-refractivity contribution in [2.24, 2.45) is 5.73 Å². The van der Waals surface area contributed by atoms with Gasteiger partial charge in [0.25, 0.3) is 0 Å². The summed E-state index contributed by atoms with van der Waals surface area (Å²) in [5.74, 6) is 0.428. The lowest BCUT2D eigenvalue weighted by atomic mass is 10.0. The first-order chi connectivity index (χ1) is 8.79. The van der Waals surface area contributed by atoms with E-state index in [1.54, 1.807) is 0 Å². The molecule has 0 atom stereocenters. The van der Waals surface area contributed by atoms with Crippen LogP contribution in [0.25, 0.3) is 0 Å². The molecule has 18 heavy (non-hydrogen) atoms. The fourth-order valence-corrected chi connectivity index (χ4v) is 2.59. The molecule has 1 fully saturated rings. The number of nitrogens with zero attached hydrogens (tertiary/aromatic N) is 1. The van der Waals surface area contributed by atoms with Crippen molar-refractivity contribution in [3.05, 3.63) is 29.3 Å². The summed E-state index contributed by atoms with van der Waals surface area (Å²) in [5.41, 5.74) is 7.88. The number of aryl methyl sites for hydroxylation is 1. The molecule has 3 N–H and O–H groups in total. The van der Waals surface area contributed by atoms with Gasteiger partial charge >= 0.3 is 0 Å². The largest absolute Gasteiger partial charge is 0.508 e. The molecule has 1 aromatic rings. The van der Waals surface area contributed by atoms with E-state index in [1.165, 1.54) is 24.8 Å². The third-order valence-corrected chi connectivity index (χ3v) is 3.66. The normalized spacial score (nSPS) is 16.9. The van der Waals surface area contributed by atoms with Crippen LogP contribution in [0.3, 0.4) is 0 Å². The van der Waals surface area contributed by atoms with Crippen LogP contribution in [0, 0.1) is 0 Å². The van der Waals surface area contributed by atoms with Crippen LogP contribution in [0.1, 0.15) is 36.8 Å². The molecule has 0 spiro atoms. The highest BCUT2D eigenvalue weighted by molar-refractivity contribution is 5.36. The zero-order chi connectivity index (χ0) is 12.8. The van der Waals surface area contributed by atoms with Crippen LogP contribution < -0.4 is 5.73 Å². The minimum absolute atomic E-state index is 0.428. The number of benzene rings is 1. The molecule has 0 amide bonds. The number of phenolic OH excluding ortho intramolecular Hbond substituents is 1. The van der Waals surface area contributed by atoms with E-state index in [0.717, 1.165) is 44.6 Å². The summed E-state index contributed by atoms with van der Waals surface area (Å²) in [4.78, 5) is 2.44. The summed E-state index contributed by atoms with van der Waals surface area (Å²) in [6, 6.07) is 5.97. The standard InChI is InChI=1S/C15H24N2O/c16-8-4-5-13-6-7-15(18)14(11-13)12-17-9-2-1-3-10-17/h6-7,11,18H,1-5,8-10,12,16H2. The third-order valence-electron chi connectivity index (χ3n) is 3.66. The van der Waals surface area contributed by atoms with Crippen molar-refractivity contribution in [3.63, 3.8) is 0 Å². The fourth-order valence-electron chi connectivity index (χ4n) is 2.59. The van der Waals surface area contributed by atoms with E-state index in [9.17, 15) is 5.11 Å². The minimum Gasteiger partial charge on any atom is -0.508 e. The Balaban J connectivity index is 2.00. The van der Waals surface area contributed by atoms with Crippen molar-refractivity contribution < 1.29 is 5.11 Å². The molecule has 2 rings (SSSR count). The lowest BCUT2D eigenvalue weighted by Gasteiger charge is -2.26. The lowest BCUT2D eigenvalue weighted by molar-refractivity contribution is 0.218. The van der Waals surface area contributed by atoms with Gasteiger partial charge in [0.15, 0.2) is 0 Å². The van der Waals surface area contributed by atoms with E-state index in [1.807, 2.05) is 12.1 Å². The van der Waals surface area contributed by atoms with Crippen molar-refractivity contribution in [1.82, 2.24) is 4.90 Å². The number of piperidine rings is 1. The second-order valence-corrected chi connectivity index (χ2v) is 5.19. The van der Waals surface area contributed by atoms with Crippen molar-refractivity contribution in [2.75, 3.05) is 19.6 Å². The van der Waals surface area contributed by atoms with E-state index in [-0.39, 0.29) is 0 Å². The van der Waals surface area contributed by atoms with Gasteiger partial charge in [0, 0.05) is 12.1 Å². The highest BCUT2D eigenvalue weighted by Crippen LogP contribution is 2.22. The predicted molar refractivity (Wildman–Crippen MR) is 74.6 cm³/mol. The molecule has 0 aromatic heterocycles. The van der Waals surface area contributed by atoms with Crippen LogP contribution in [-0.2, 0) is 13.0 Å². The smallest absolute Gasteiger partial charge is 0.120 e. The second-order valence-electron chi connectivity index (χ2n) is 5.19. The van der Waals surface area contributed by atoms with Gasteiger partial charge in [-0.25, -0.2) is 0 Å². The molecular weight excluding hydrogens is 224 g/mol. The van der Waals surface area contributed by atoms with Gasteiger partial charge in [0.1, 0.15) is 5.75 Å². The lowest BCUT2D eigenvalue weighted by Crippen LogP contribution is -2.29. The molecule has 1 heterocycles. The maximum Gasteiger partial charge on any atom is 0.120 e. The van der Waals surface area contributed by atoms with Crippen LogP contribution >= 0.6 is 0 Å². The summed E-state index contributed by atoms with van der Waals surface area (Å²) in [5, 5.41) is 9.94. The molecule has 3 nitrogen and oxygen atoms in total. The highest BCUT2D eigenvalue weighted by atomic mass is 16.3. The van der Waals surface area contributed by atoms with E-state index >= 15 is 0 Å². The molecule has 1 aliphatic rings. The molecule has 1 aromatic carbocycles. The van der Waals surface area contributed by atoms with Gasteiger partial charge < -0.3 is 10.8 Å². The van der Waals surface area contributed by atoms with Crippen LogP contribution in [0.2, 0.25) is 0 Å².